The van der Waals surface area contributed by atoms with Gasteiger partial charge >= 0.3 is 12.0 Å². The fraction of sp³-hybridized carbons (Fsp3) is 0.300. The number of carbonyl (C=O) groups excluding carboxylic acids is 2. The van der Waals surface area contributed by atoms with Crippen LogP contribution in [0.3, 0.4) is 0 Å². The molecule has 3 rings (SSSR count). The minimum Gasteiger partial charge on any atom is -0.497 e. The van der Waals surface area contributed by atoms with E-state index in [9.17, 15) is 9.59 Å². The Labute approximate surface area is 162 Å². The van der Waals surface area contributed by atoms with Crippen LogP contribution in [0.25, 0.3) is 5.70 Å². The van der Waals surface area contributed by atoms with Gasteiger partial charge in [0.05, 0.1) is 30.5 Å². The first-order chi connectivity index (χ1) is 12.9. The maximum absolute atomic E-state index is 12.9. The number of nitrogens with one attached hydrogen (secondary N) is 2. The summed E-state index contributed by atoms with van der Waals surface area (Å²) in [7, 11) is 1.58. The van der Waals surface area contributed by atoms with Gasteiger partial charge in [-0.2, -0.15) is 0 Å². The zero-order chi connectivity index (χ0) is 19.6. The summed E-state index contributed by atoms with van der Waals surface area (Å²) < 4.78 is 10.7. The molecule has 1 atom stereocenters. The van der Waals surface area contributed by atoms with Crippen molar-refractivity contribution in [1.82, 2.24) is 10.6 Å². The van der Waals surface area contributed by atoms with E-state index in [4.69, 9.17) is 9.47 Å². The number of thiophene rings is 1. The van der Waals surface area contributed by atoms with Gasteiger partial charge < -0.3 is 20.1 Å². The maximum atomic E-state index is 12.9. The summed E-state index contributed by atoms with van der Waals surface area (Å²) in [6.45, 7) is 5.55. The lowest BCUT2D eigenvalue weighted by Gasteiger charge is -2.29. The van der Waals surface area contributed by atoms with Crippen LogP contribution in [-0.4, -0.2) is 25.2 Å². The summed E-state index contributed by atoms with van der Waals surface area (Å²) in [5, 5.41) is 7.58. The fourth-order valence-electron chi connectivity index (χ4n) is 2.92. The van der Waals surface area contributed by atoms with Crippen LogP contribution >= 0.6 is 11.3 Å². The first-order valence-corrected chi connectivity index (χ1v) is 9.49. The number of carbonyl (C=O) groups is 2. The molecule has 1 aromatic carbocycles. The molecule has 1 aromatic heterocycles. The second-order valence-corrected chi connectivity index (χ2v) is 7.42. The largest absolute Gasteiger partial charge is 0.497 e. The lowest BCUT2D eigenvalue weighted by Crippen LogP contribution is -2.45. The average Bonchev–Trinajstić information content (AvgIpc) is 3.06. The standard InChI is InChI=1S/C20H22N2O4S/c1-11(2)26-19(23)15-16(13-5-7-14(25-4)8-6-13)21-20(24)22-17(15)18-12(3)9-10-27-18/h5-11,17H,1-4H3,(H2,21,22,24). The predicted molar refractivity (Wildman–Crippen MR) is 105 cm³/mol. The number of rotatable bonds is 5. The number of esters is 1. The van der Waals surface area contributed by atoms with Gasteiger partial charge in [0.25, 0.3) is 0 Å². The molecule has 1 aliphatic heterocycles. The molecule has 0 saturated carbocycles. The molecule has 0 aliphatic carbocycles. The van der Waals surface area contributed by atoms with Gasteiger partial charge in [0.15, 0.2) is 0 Å². The van der Waals surface area contributed by atoms with E-state index in [0.29, 0.717) is 22.6 Å². The maximum Gasteiger partial charge on any atom is 0.338 e. The quantitative estimate of drug-likeness (QED) is 0.767. The molecule has 0 bridgehead atoms. The zero-order valence-corrected chi connectivity index (χ0v) is 16.5. The molecule has 0 spiro atoms. The molecule has 142 valence electrons. The van der Waals surface area contributed by atoms with Crippen LogP contribution in [0.5, 0.6) is 5.75 Å². The van der Waals surface area contributed by atoms with Crippen LogP contribution in [0, 0.1) is 6.92 Å². The smallest absolute Gasteiger partial charge is 0.338 e. The van der Waals surface area contributed by atoms with E-state index < -0.39 is 12.0 Å². The first kappa shape index (κ1) is 19.0. The van der Waals surface area contributed by atoms with Gasteiger partial charge in [-0.25, -0.2) is 9.59 Å². The van der Waals surface area contributed by atoms with E-state index in [1.807, 2.05) is 18.4 Å². The number of methoxy groups -OCH3 is 1. The van der Waals surface area contributed by atoms with Gasteiger partial charge in [0.2, 0.25) is 0 Å². The molecular formula is C20H22N2O4S. The minimum atomic E-state index is -0.567. The van der Waals surface area contributed by atoms with Crippen molar-refractivity contribution in [2.75, 3.05) is 7.11 Å². The third kappa shape index (κ3) is 3.98. The number of urea groups is 1. The Kier molecular flexibility index (Phi) is 5.51. The lowest BCUT2D eigenvalue weighted by molar-refractivity contribution is -0.143. The Morgan fingerprint density at radius 3 is 2.44 bits per heavy atom. The van der Waals surface area contributed by atoms with Gasteiger partial charge in [-0.3, -0.25) is 0 Å². The SMILES string of the molecule is COc1ccc(C2=C(C(=O)OC(C)C)C(c3sccc3C)NC(=O)N2)cc1. The number of aryl methyl sites for hydroxylation is 1. The number of amides is 2. The summed E-state index contributed by atoms with van der Waals surface area (Å²) in [6, 6.07) is 8.22. The van der Waals surface area contributed by atoms with Crippen molar-refractivity contribution in [3.63, 3.8) is 0 Å². The normalized spacial score (nSPS) is 16.8. The van der Waals surface area contributed by atoms with E-state index in [0.717, 1.165) is 10.4 Å². The molecule has 2 aromatic rings. The molecule has 0 saturated heterocycles. The Morgan fingerprint density at radius 1 is 1.19 bits per heavy atom. The monoisotopic (exact) mass is 386 g/mol. The van der Waals surface area contributed by atoms with Crippen molar-refractivity contribution >= 4 is 29.0 Å². The van der Waals surface area contributed by atoms with Crippen LogP contribution in [0.1, 0.15) is 35.9 Å². The molecule has 0 radical (unpaired) electrons. The third-order valence-electron chi connectivity index (χ3n) is 4.18. The van der Waals surface area contributed by atoms with E-state index >= 15 is 0 Å². The second kappa shape index (κ2) is 7.84. The van der Waals surface area contributed by atoms with Crippen molar-refractivity contribution in [3.8, 4) is 5.75 Å². The number of ether oxygens (including phenoxy) is 2. The van der Waals surface area contributed by atoms with Gasteiger partial charge in [-0.15, -0.1) is 11.3 Å². The van der Waals surface area contributed by atoms with E-state index in [-0.39, 0.29) is 12.1 Å². The molecule has 6 nitrogen and oxygen atoms in total. The van der Waals surface area contributed by atoms with Crippen LogP contribution in [0.4, 0.5) is 4.79 Å². The zero-order valence-electron chi connectivity index (χ0n) is 15.7. The Morgan fingerprint density at radius 2 is 1.89 bits per heavy atom. The van der Waals surface area contributed by atoms with E-state index in [1.54, 1.807) is 45.2 Å². The van der Waals surface area contributed by atoms with Crippen LogP contribution in [0.2, 0.25) is 0 Å². The van der Waals surface area contributed by atoms with E-state index in [1.165, 1.54) is 11.3 Å². The number of benzene rings is 1. The van der Waals surface area contributed by atoms with Gasteiger partial charge in [-0.1, -0.05) is 0 Å². The fourth-order valence-corrected chi connectivity index (χ4v) is 3.91. The topological polar surface area (TPSA) is 76.7 Å². The highest BCUT2D eigenvalue weighted by Crippen LogP contribution is 2.36. The molecule has 2 N–H and O–H groups in total. The highest BCUT2D eigenvalue weighted by molar-refractivity contribution is 7.10. The number of hydrogen-bond acceptors (Lipinski definition) is 5. The van der Waals surface area contributed by atoms with Crippen molar-refractivity contribution in [3.05, 3.63) is 57.3 Å². The van der Waals surface area contributed by atoms with E-state index in [2.05, 4.69) is 10.6 Å². The molecule has 7 heteroatoms. The summed E-state index contributed by atoms with van der Waals surface area (Å²) in [4.78, 5) is 26.2. The summed E-state index contributed by atoms with van der Waals surface area (Å²) >= 11 is 1.50. The van der Waals surface area contributed by atoms with Crippen molar-refractivity contribution < 1.29 is 19.1 Å². The summed E-state index contributed by atoms with van der Waals surface area (Å²) in [6.07, 6.45) is -0.273. The lowest BCUT2D eigenvalue weighted by atomic mass is 9.95. The Bertz CT molecular complexity index is 884. The molecule has 2 amide bonds. The van der Waals surface area contributed by atoms with Crippen LogP contribution < -0.4 is 15.4 Å². The minimum absolute atomic E-state index is 0.273. The second-order valence-electron chi connectivity index (χ2n) is 6.47. The van der Waals surface area contributed by atoms with Crippen LogP contribution in [0.15, 0.2) is 41.3 Å². The van der Waals surface area contributed by atoms with Gasteiger partial charge in [0, 0.05) is 4.88 Å². The molecule has 27 heavy (non-hydrogen) atoms. The Balaban J connectivity index is 2.16. The summed E-state index contributed by atoms with van der Waals surface area (Å²) in [5.74, 6) is 0.234. The molecule has 0 fully saturated rings. The van der Waals surface area contributed by atoms with Crippen molar-refractivity contribution in [2.45, 2.75) is 32.9 Å². The van der Waals surface area contributed by atoms with Crippen molar-refractivity contribution in [1.29, 1.82) is 0 Å². The average molecular weight is 386 g/mol. The molecule has 2 heterocycles. The summed E-state index contributed by atoms with van der Waals surface area (Å²) in [5.41, 5.74) is 2.56. The third-order valence-corrected chi connectivity index (χ3v) is 5.26. The van der Waals surface area contributed by atoms with Gasteiger partial charge in [0.1, 0.15) is 5.75 Å². The molecule has 1 unspecified atom stereocenters. The highest BCUT2D eigenvalue weighted by atomic mass is 32.1. The van der Waals surface area contributed by atoms with Crippen LogP contribution in [-0.2, 0) is 9.53 Å². The Hall–Kier alpha value is -2.80. The van der Waals surface area contributed by atoms with Crippen molar-refractivity contribution in [2.24, 2.45) is 0 Å². The first-order valence-electron chi connectivity index (χ1n) is 8.61. The number of hydrogen-bond donors (Lipinski definition) is 2. The predicted octanol–water partition coefficient (Wildman–Crippen LogP) is 3.78. The highest BCUT2D eigenvalue weighted by Gasteiger charge is 2.36. The molecular weight excluding hydrogens is 364 g/mol. The van der Waals surface area contributed by atoms with Gasteiger partial charge in [-0.05, 0) is 67.6 Å². The molecule has 1 aliphatic rings.